The molecule has 5 rings (SSSR count). The molecule has 158 valence electrons. The van der Waals surface area contributed by atoms with Crippen LogP contribution in [-0.4, -0.2) is 59.8 Å². The van der Waals surface area contributed by atoms with Crippen molar-refractivity contribution >= 4 is 46.0 Å². The number of para-hydroxylation sites is 2. The number of nitrogens with zero attached hydrogens (tertiary/aromatic N) is 6. The van der Waals surface area contributed by atoms with Gasteiger partial charge in [0, 0.05) is 13.1 Å². The molecule has 1 aliphatic rings. The second-order valence-electron chi connectivity index (χ2n) is 7.22. The number of carbonyl (C=O) groups excluding carboxylic acids is 1. The van der Waals surface area contributed by atoms with E-state index >= 15 is 0 Å². The van der Waals surface area contributed by atoms with Crippen LogP contribution in [0.25, 0.3) is 22.1 Å². The van der Waals surface area contributed by atoms with E-state index in [1.165, 1.54) is 11.2 Å². The first-order chi connectivity index (χ1) is 15.0. The molecule has 12 heteroatoms. The highest BCUT2D eigenvalue weighted by Crippen LogP contribution is 2.29. The number of aromatic nitrogens is 5. The molecule has 1 atom stereocenters. The molecule has 0 spiro atoms. The molecule has 3 aromatic heterocycles. The molecule has 1 saturated heterocycles. The van der Waals surface area contributed by atoms with Gasteiger partial charge in [0.1, 0.15) is 17.7 Å². The number of anilines is 2. The second kappa shape index (κ2) is 7.23. The number of hydrogen-bond acceptors (Lipinski definition) is 8. The number of nitrogen functional groups attached to an aromatic ring is 1. The third-order valence-corrected chi connectivity index (χ3v) is 5.26. The van der Waals surface area contributed by atoms with Gasteiger partial charge in [-0.05, 0) is 25.0 Å². The van der Waals surface area contributed by atoms with Crippen LogP contribution in [0.1, 0.15) is 29.4 Å². The molecule has 4 N–H and O–H groups in total. The minimum atomic E-state index is -0.996. The summed E-state index contributed by atoms with van der Waals surface area (Å²) < 4.78 is 7.11. The van der Waals surface area contributed by atoms with E-state index in [0.29, 0.717) is 41.5 Å². The van der Waals surface area contributed by atoms with Crippen molar-refractivity contribution in [3.8, 4) is 0 Å². The Balaban J connectivity index is 1.52. The number of piperidine rings is 1. The number of oxazole rings is 1. The fraction of sp³-hybridized carbons (Fsp3) is 0.263. The molecule has 4 heterocycles. The Morgan fingerprint density at radius 2 is 2.10 bits per heavy atom. The molecular formula is C19H18N8O4. The smallest absolute Gasteiger partial charge is 0.407 e. The first kappa shape index (κ1) is 18.8. The molecular weight excluding hydrogens is 404 g/mol. The van der Waals surface area contributed by atoms with E-state index in [1.807, 2.05) is 6.07 Å². The molecule has 2 amide bonds. The molecule has 4 aromatic rings. The average molecular weight is 422 g/mol. The molecule has 1 fully saturated rings. The van der Waals surface area contributed by atoms with Crippen LogP contribution in [0, 0.1) is 0 Å². The summed E-state index contributed by atoms with van der Waals surface area (Å²) in [6.07, 6.45) is 1.65. The van der Waals surface area contributed by atoms with Gasteiger partial charge in [0.15, 0.2) is 16.9 Å². The van der Waals surface area contributed by atoms with E-state index in [2.05, 4.69) is 25.4 Å². The van der Waals surface area contributed by atoms with Gasteiger partial charge < -0.3 is 20.2 Å². The number of nitrogens with two attached hydrogens (primary N) is 1. The number of hydrogen-bond donors (Lipinski definition) is 3. The number of fused-ring (bicyclic) bond motifs is 2. The van der Waals surface area contributed by atoms with Crippen LogP contribution in [0.3, 0.4) is 0 Å². The van der Waals surface area contributed by atoms with Crippen molar-refractivity contribution in [3.05, 3.63) is 36.3 Å². The van der Waals surface area contributed by atoms with Gasteiger partial charge in [0.2, 0.25) is 0 Å². The fourth-order valence-electron chi connectivity index (χ4n) is 3.82. The number of nitrogens with one attached hydrogen (secondary N) is 1. The molecule has 0 saturated carbocycles. The zero-order valence-electron chi connectivity index (χ0n) is 16.2. The summed E-state index contributed by atoms with van der Waals surface area (Å²) in [6.45, 7) is 0.690. The van der Waals surface area contributed by atoms with Gasteiger partial charge in [-0.25, -0.2) is 19.4 Å². The largest absolute Gasteiger partial charge is 0.465 e. The highest BCUT2D eigenvalue weighted by atomic mass is 16.4. The number of rotatable bonds is 3. The van der Waals surface area contributed by atoms with Crippen molar-refractivity contribution in [1.82, 2.24) is 29.6 Å². The molecule has 1 aliphatic heterocycles. The predicted octanol–water partition coefficient (Wildman–Crippen LogP) is 2.12. The second-order valence-corrected chi connectivity index (χ2v) is 7.22. The molecule has 12 nitrogen and oxygen atoms in total. The summed E-state index contributed by atoms with van der Waals surface area (Å²) in [5.41, 5.74) is 7.56. The van der Waals surface area contributed by atoms with Crippen LogP contribution in [-0.2, 0) is 0 Å². The van der Waals surface area contributed by atoms with Gasteiger partial charge in [-0.15, -0.1) is 0 Å². The summed E-state index contributed by atoms with van der Waals surface area (Å²) in [5, 5.41) is 16.7. The fourth-order valence-corrected chi connectivity index (χ4v) is 3.82. The Kier molecular flexibility index (Phi) is 4.38. The number of carbonyl (C=O) groups is 2. The summed E-state index contributed by atoms with van der Waals surface area (Å²) in [5.74, 6) is -0.479. The maximum atomic E-state index is 13.0. The third-order valence-electron chi connectivity index (χ3n) is 5.26. The van der Waals surface area contributed by atoms with Crippen molar-refractivity contribution in [2.45, 2.75) is 18.9 Å². The standard InChI is InChI=1S/C19H18N8O4/c20-15-13-14(17(28)24-18-23-11-5-1-2-6-12(11)31-18)25-27(16(13)22-9-21-15)10-4-3-7-26(8-10)19(29)30/h1-2,5-6,9-10H,3-4,7-8H2,(H,29,30)(H2,20,21,22)(H,23,24,28). The van der Waals surface area contributed by atoms with E-state index in [-0.39, 0.29) is 30.1 Å². The Bertz CT molecular complexity index is 1280. The van der Waals surface area contributed by atoms with E-state index in [9.17, 15) is 14.7 Å². The van der Waals surface area contributed by atoms with E-state index in [1.54, 1.807) is 22.9 Å². The maximum absolute atomic E-state index is 13.0. The molecule has 0 aliphatic carbocycles. The lowest BCUT2D eigenvalue weighted by Crippen LogP contribution is -2.40. The van der Waals surface area contributed by atoms with Gasteiger partial charge in [-0.3, -0.25) is 10.1 Å². The quantitative estimate of drug-likeness (QED) is 0.448. The Morgan fingerprint density at radius 3 is 2.90 bits per heavy atom. The molecule has 0 bridgehead atoms. The Hall–Kier alpha value is -4.22. The SMILES string of the molecule is Nc1ncnc2c1c(C(=O)Nc1nc3ccccc3o1)nn2C1CCCN(C(=O)O)C1. The van der Waals surface area contributed by atoms with Crippen molar-refractivity contribution in [3.63, 3.8) is 0 Å². The average Bonchev–Trinajstić information content (AvgIpc) is 3.35. The van der Waals surface area contributed by atoms with Crippen molar-refractivity contribution in [2.75, 3.05) is 24.1 Å². The molecule has 0 radical (unpaired) electrons. The van der Waals surface area contributed by atoms with Crippen molar-refractivity contribution < 1.29 is 19.1 Å². The summed E-state index contributed by atoms with van der Waals surface area (Å²) in [7, 11) is 0. The number of benzene rings is 1. The van der Waals surface area contributed by atoms with Gasteiger partial charge in [0.25, 0.3) is 5.91 Å². The highest BCUT2D eigenvalue weighted by molar-refractivity contribution is 6.12. The first-order valence-corrected chi connectivity index (χ1v) is 9.64. The summed E-state index contributed by atoms with van der Waals surface area (Å²) >= 11 is 0. The molecule has 1 aromatic carbocycles. The van der Waals surface area contributed by atoms with Crippen molar-refractivity contribution in [2.24, 2.45) is 0 Å². The zero-order valence-corrected chi connectivity index (χ0v) is 16.2. The Labute approximate surface area is 174 Å². The number of likely N-dealkylation sites (tertiary alicyclic amines) is 1. The van der Waals surface area contributed by atoms with Gasteiger partial charge in [-0.1, -0.05) is 12.1 Å². The summed E-state index contributed by atoms with van der Waals surface area (Å²) in [4.78, 5) is 38.2. The Morgan fingerprint density at radius 1 is 1.26 bits per heavy atom. The van der Waals surface area contributed by atoms with E-state index < -0.39 is 12.0 Å². The lowest BCUT2D eigenvalue weighted by Gasteiger charge is -2.30. The first-order valence-electron chi connectivity index (χ1n) is 9.64. The van der Waals surface area contributed by atoms with Gasteiger partial charge in [0.05, 0.1) is 11.4 Å². The minimum absolute atomic E-state index is 0.0165. The zero-order chi connectivity index (χ0) is 21.5. The lowest BCUT2D eigenvalue weighted by molar-refractivity contribution is 0.101. The number of carboxylic acid groups (broad SMARTS) is 1. The van der Waals surface area contributed by atoms with Crippen molar-refractivity contribution in [1.29, 1.82) is 0 Å². The summed E-state index contributed by atoms with van der Waals surface area (Å²) in [6, 6.07) is 6.87. The van der Waals surface area contributed by atoms with Crippen LogP contribution < -0.4 is 11.1 Å². The van der Waals surface area contributed by atoms with Crippen LogP contribution >= 0.6 is 0 Å². The van der Waals surface area contributed by atoms with Crippen LogP contribution in [0.4, 0.5) is 16.6 Å². The normalized spacial score (nSPS) is 16.6. The van der Waals surface area contributed by atoms with Crippen LogP contribution in [0.15, 0.2) is 35.0 Å². The monoisotopic (exact) mass is 422 g/mol. The van der Waals surface area contributed by atoms with Gasteiger partial charge >= 0.3 is 12.1 Å². The predicted molar refractivity (Wildman–Crippen MR) is 110 cm³/mol. The van der Waals surface area contributed by atoms with E-state index in [4.69, 9.17) is 10.2 Å². The highest BCUT2D eigenvalue weighted by Gasteiger charge is 2.30. The lowest BCUT2D eigenvalue weighted by atomic mass is 10.1. The maximum Gasteiger partial charge on any atom is 0.407 e. The third kappa shape index (κ3) is 3.27. The topological polar surface area (TPSA) is 165 Å². The minimum Gasteiger partial charge on any atom is -0.465 e. The van der Waals surface area contributed by atoms with Crippen LogP contribution in [0.5, 0.6) is 0 Å². The van der Waals surface area contributed by atoms with Gasteiger partial charge in [-0.2, -0.15) is 10.1 Å². The van der Waals surface area contributed by atoms with Crippen LogP contribution in [0.2, 0.25) is 0 Å². The molecule has 1 unspecified atom stereocenters. The number of amides is 2. The molecule has 31 heavy (non-hydrogen) atoms. The van der Waals surface area contributed by atoms with E-state index in [0.717, 1.165) is 0 Å².